The van der Waals surface area contributed by atoms with Crippen molar-refractivity contribution in [2.45, 2.75) is 17.0 Å². The van der Waals surface area contributed by atoms with E-state index < -0.39 is 0 Å². The van der Waals surface area contributed by atoms with Gasteiger partial charge < -0.3 is 4.90 Å². The number of hydrogen-bond acceptors (Lipinski definition) is 5. The molecule has 1 heterocycles. The molecule has 0 fully saturated rings. The molecule has 0 saturated carbocycles. The minimum absolute atomic E-state index is 0.0268. The Morgan fingerprint density at radius 1 is 1.26 bits per heavy atom. The summed E-state index contributed by atoms with van der Waals surface area (Å²) in [6.45, 7) is 1.95. The van der Waals surface area contributed by atoms with E-state index >= 15 is 0 Å². The monoisotopic (exact) mass is 293 g/mol. The van der Waals surface area contributed by atoms with Gasteiger partial charge in [-0.15, -0.1) is 10.2 Å². The van der Waals surface area contributed by atoms with Crippen LogP contribution in [0.3, 0.4) is 0 Å². The highest BCUT2D eigenvalue weighted by Gasteiger charge is 2.07. The molecule has 6 heteroatoms. The molecule has 0 spiro atoms. The molecule has 0 unspecified atom stereocenters. The zero-order valence-corrected chi connectivity index (χ0v) is 12.7. The van der Waals surface area contributed by atoms with Gasteiger partial charge in [-0.2, -0.15) is 0 Å². The summed E-state index contributed by atoms with van der Waals surface area (Å²) in [5, 5.41) is 9.03. The van der Waals surface area contributed by atoms with Crippen molar-refractivity contribution in [2.75, 3.05) is 14.1 Å². The maximum Gasteiger partial charge on any atom is 0.253 e. The molecule has 0 aliphatic heterocycles. The molecule has 0 radical (unpaired) electrons. The van der Waals surface area contributed by atoms with Crippen molar-refractivity contribution < 1.29 is 4.79 Å². The third-order valence-electron chi connectivity index (χ3n) is 2.48. The van der Waals surface area contributed by atoms with Gasteiger partial charge >= 0.3 is 0 Å². The second kappa shape index (κ2) is 6.16. The number of carbonyl (C=O) groups is 1. The van der Waals surface area contributed by atoms with Crippen LogP contribution in [0.4, 0.5) is 0 Å². The van der Waals surface area contributed by atoms with Gasteiger partial charge in [0.2, 0.25) is 0 Å². The first kappa shape index (κ1) is 14.0. The molecular formula is C13H15N3OS2. The normalized spacial score (nSPS) is 10.5. The van der Waals surface area contributed by atoms with E-state index in [1.165, 1.54) is 5.56 Å². The maximum absolute atomic E-state index is 11.7. The van der Waals surface area contributed by atoms with Crippen molar-refractivity contribution in [3.63, 3.8) is 0 Å². The summed E-state index contributed by atoms with van der Waals surface area (Å²) in [6, 6.07) is 7.70. The Labute approximate surface area is 120 Å². The summed E-state index contributed by atoms with van der Waals surface area (Å²) in [5.41, 5.74) is 1.89. The Hall–Kier alpha value is -1.40. The highest BCUT2D eigenvalue weighted by Crippen LogP contribution is 2.25. The first-order chi connectivity index (χ1) is 9.06. The SMILES string of the molecule is Cc1nnc(SCc2ccc(C(=O)N(C)C)cc2)s1. The van der Waals surface area contributed by atoms with E-state index in [0.29, 0.717) is 5.56 Å². The average molecular weight is 293 g/mol. The van der Waals surface area contributed by atoms with Crippen LogP contribution in [-0.4, -0.2) is 35.1 Å². The number of aromatic nitrogens is 2. The van der Waals surface area contributed by atoms with Crippen molar-refractivity contribution in [3.8, 4) is 0 Å². The Morgan fingerprint density at radius 3 is 2.47 bits per heavy atom. The van der Waals surface area contributed by atoms with E-state index in [1.807, 2.05) is 31.2 Å². The highest BCUT2D eigenvalue weighted by molar-refractivity contribution is 8.00. The van der Waals surface area contributed by atoms with Crippen LogP contribution in [0.1, 0.15) is 20.9 Å². The van der Waals surface area contributed by atoms with E-state index in [0.717, 1.165) is 15.1 Å². The fourth-order valence-electron chi connectivity index (χ4n) is 1.48. The lowest BCUT2D eigenvalue weighted by Crippen LogP contribution is -2.21. The standard InChI is InChI=1S/C13H15N3OS2/c1-9-14-15-13(19-9)18-8-10-4-6-11(7-5-10)12(17)16(2)3/h4-7H,8H2,1-3H3. The van der Waals surface area contributed by atoms with Crippen molar-refractivity contribution in [2.24, 2.45) is 0 Å². The lowest BCUT2D eigenvalue weighted by molar-refractivity contribution is 0.0827. The molecule has 2 rings (SSSR count). The largest absolute Gasteiger partial charge is 0.345 e. The van der Waals surface area contributed by atoms with Gasteiger partial charge in [0.05, 0.1) is 0 Å². The molecule has 19 heavy (non-hydrogen) atoms. The number of amides is 1. The van der Waals surface area contributed by atoms with Crippen molar-refractivity contribution in [1.29, 1.82) is 0 Å². The van der Waals surface area contributed by atoms with E-state index in [2.05, 4.69) is 10.2 Å². The lowest BCUT2D eigenvalue weighted by atomic mass is 10.1. The predicted molar refractivity (Wildman–Crippen MR) is 78.7 cm³/mol. The Morgan fingerprint density at radius 2 is 1.95 bits per heavy atom. The highest BCUT2D eigenvalue weighted by atomic mass is 32.2. The number of rotatable bonds is 4. The van der Waals surface area contributed by atoms with Crippen LogP contribution in [0, 0.1) is 6.92 Å². The summed E-state index contributed by atoms with van der Waals surface area (Å²) in [6.07, 6.45) is 0. The summed E-state index contributed by atoms with van der Waals surface area (Å²) >= 11 is 3.26. The number of carbonyl (C=O) groups excluding carboxylic acids is 1. The van der Waals surface area contributed by atoms with Crippen molar-refractivity contribution in [1.82, 2.24) is 15.1 Å². The van der Waals surface area contributed by atoms with E-state index in [4.69, 9.17) is 0 Å². The fraction of sp³-hybridized carbons (Fsp3) is 0.308. The topological polar surface area (TPSA) is 46.1 Å². The van der Waals surface area contributed by atoms with Crippen LogP contribution >= 0.6 is 23.1 Å². The van der Waals surface area contributed by atoms with Gasteiger partial charge in [-0.05, 0) is 24.6 Å². The molecule has 0 N–H and O–H groups in total. The first-order valence-electron chi connectivity index (χ1n) is 5.80. The molecule has 1 aromatic heterocycles. The lowest BCUT2D eigenvalue weighted by Gasteiger charge is -2.10. The molecule has 100 valence electrons. The molecule has 4 nitrogen and oxygen atoms in total. The molecule has 0 atom stereocenters. The first-order valence-corrected chi connectivity index (χ1v) is 7.60. The quantitative estimate of drug-likeness (QED) is 0.813. The smallest absolute Gasteiger partial charge is 0.253 e. The van der Waals surface area contributed by atoms with Gasteiger partial charge in [-0.3, -0.25) is 4.79 Å². The Kier molecular flexibility index (Phi) is 4.55. The maximum atomic E-state index is 11.7. The van der Waals surface area contributed by atoms with Crippen molar-refractivity contribution in [3.05, 3.63) is 40.4 Å². The number of hydrogen-bond donors (Lipinski definition) is 0. The van der Waals surface area contributed by atoms with E-state index in [1.54, 1.807) is 42.1 Å². The Balaban J connectivity index is 1.97. The van der Waals surface area contributed by atoms with Crippen LogP contribution in [0.2, 0.25) is 0 Å². The van der Waals surface area contributed by atoms with Gasteiger partial charge in [0.15, 0.2) is 4.34 Å². The summed E-state index contributed by atoms with van der Waals surface area (Å²) < 4.78 is 0.978. The zero-order valence-electron chi connectivity index (χ0n) is 11.1. The average Bonchev–Trinajstić information content (AvgIpc) is 2.82. The van der Waals surface area contributed by atoms with Crippen molar-refractivity contribution >= 4 is 29.0 Å². The van der Waals surface area contributed by atoms with E-state index in [-0.39, 0.29) is 5.91 Å². The molecule has 1 amide bonds. The van der Waals surface area contributed by atoms with Crippen LogP contribution in [-0.2, 0) is 5.75 Å². The molecule has 0 aliphatic rings. The zero-order chi connectivity index (χ0) is 13.8. The van der Waals surface area contributed by atoms with Gasteiger partial charge in [0.1, 0.15) is 5.01 Å². The summed E-state index contributed by atoms with van der Waals surface area (Å²) in [5.74, 6) is 0.865. The van der Waals surface area contributed by atoms with Crippen LogP contribution in [0.15, 0.2) is 28.6 Å². The minimum Gasteiger partial charge on any atom is -0.345 e. The van der Waals surface area contributed by atoms with E-state index in [9.17, 15) is 4.79 Å². The minimum atomic E-state index is 0.0268. The van der Waals surface area contributed by atoms with Crippen LogP contribution in [0.5, 0.6) is 0 Å². The predicted octanol–water partition coefficient (Wildman–Crippen LogP) is 2.84. The molecular weight excluding hydrogens is 278 g/mol. The second-order valence-corrected chi connectivity index (χ2v) is 6.68. The molecule has 2 aromatic rings. The number of aryl methyl sites for hydroxylation is 1. The van der Waals surface area contributed by atoms with Gasteiger partial charge in [-0.1, -0.05) is 35.2 Å². The van der Waals surface area contributed by atoms with Gasteiger partial charge in [0, 0.05) is 25.4 Å². The van der Waals surface area contributed by atoms with Crippen LogP contribution < -0.4 is 0 Å². The number of thioether (sulfide) groups is 1. The molecule has 0 bridgehead atoms. The third-order valence-corrected chi connectivity index (χ3v) is 4.52. The van der Waals surface area contributed by atoms with Crippen LogP contribution in [0.25, 0.3) is 0 Å². The molecule has 1 aromatic carbocycles. The third kappa shape index (κ3) is 3.78. The van der Waals surface area contributed by atoms with Gasteiger partial charge in [-0.25, -0.2) is 0 Å². The summed E-state index contributed by atoms with van der Waals surface area (Å²) in [7, 11) is 3.51. The number of benzene rings is 1. The summed E-state index contributed by atoms with van der Waals surface area (Å²) in [4.78, 5) is 13.3. The van der Waals surface area contributed by atoms with Gasteiger partial charge in [0.25, 0.3) is 5.91 Å². The molecule has 0 aliphatic carbocycles. The number of nitrogens with zero attached hydrogens (tertiary/aromatic N) is 3. The molecule has 0 saturated heterocycles. The fourth-order valence-corrected chi connectivity index (χ4v) is 3.26. The Bertz CT molecular complexity index is 564. The second-order valence-electron chi connectivity index (χ2n) is 4.27.